The molecular formula is C27H26F3N5O3S. The van der Waals surface area contributed by atoms with Gasteiger partial charge in [-0.25, -0.2) is 22.9 Å². The molecule has 1 fully saturated rings. The number of pyridine rings is 1. The molecule has 1 aliphatic rings. The second kappa shape index (κ2) is 10.4. The summed E-state index contributed by atoms with van der Waals surface area (Å²) < 4.78 is 72.2. The van der Waals surface area contributed by atoms with Crippen molar-refractivity contribution in [2.45, 2.75) is 18.8 Å². The van der Waals surface area contributed by atoms with Crippen LogP contribution in [0.15, 0.2) is 48.8 Å². The zero-order valence-corrected chi connectivity index (χ0v) is 22.0. The van der Waals surface area contributed by atoms with E-state index in [1.54, 1.807) is 18.2 Å². The van der Waals surface area contributed by atoms with Gasteiger partial charge in [-0.2, -0.15) is 8.42 Å². The summed E-state index contributed by atoms with van der Waals surface area (Å²) in [5.74, 6) is -3.66. The number of anilines is 1. The van der Waals surface area contributed by atoms with E-state index in [0.29, 0.717) is 26.6 Å². The predicted octanol–water partition coefficient (Wildman–Crippen LogP) is 4.25. The van der Waals surface area contributed by atoms with Crippen molar-refractivity contribution >= 4 is 32.7 Å². The van der Waals surface area contributed by atoms with Gasteiger partial charge < -0.3 is 10.3 Å². The van der Waals surface area contributed by atoms with E-state index in [9.17, 15) is 17.6 Å². The van der Waals surface area contributed by atoms with Gasteiger partial charge in [-0.3, -0.25) is 9.10 Å². The molecule has 3 N–H and O–H groups in total. The molecule has 2 aromatic heterocycles. The number of hydrogen-bond donors (Lipinski definition) is 3. The van der Waals surface area contributed by atoms with Crippen LogP contribution in [-0.2, 0) is 10.2 Å². The van der Waals surface area contributed by atoms with E-state index in [1.165, 1.54) is 18.5 Å². The van der Waals surface area contributed by atoms with Crippen molar-refractivity contribution in [2.24, 2.45) is 0 Å². The first-order valence-electron chi connectivity index (χ1n) is 12.3. The molecule has 0 aliphatic carbocycles. The van der Waals surface area contributed by atoms with E-state index in [1.807, 2.05) is 4.72 Å². The fourth-order valence-corrected chi connectivity index (χ4v) is 5.59. The van der Waals surface area contributed by atoms with Gasteiger partial charge in [0.25, 0.3) is 0 Å². The number of carbonyl (C=O) groups excluding carboxylic acids is 1. The van der Waals surface area contributed by atoms with Gasteiger partial charge in [0, 0.05) is 43.0 Å². The quantitative estimate of drug-likeness (QED) is 0.295. The van der Waals surface area contributed by atoms with Gasteiger partial charge in [0.05, 0.1) is 11.3 Å². The summed E-state index contributed by atoms with van der Waals surface area (Å²) in [4.78, 5) is 20.5. The minimum Gasteiger partial charge on any atom is -0.345 e. The Morgan fingerprint density at radius 2 is 1.79 bits per heavy atom. The van der Waals surface area contributed by atoms with Gasteiger partial charge in [-0.15, -0.1) is 0 Å². The number of rotatable bonds is 7. The standard InChI is InChI=1S/C27H26F3N5O3S/c1-31-39(37,38)35(2)23-6-5-21(28)24(25(23)30)26(36)20-14-34-27-19(20)11-17(13-33-27)16-3-4-18(22(29)12-16)15-7-9-32-10-8-15/h3-6,11-15,31-32H,7-10H2,1-2H3,(H,33,34). The molecule has 39 heavy (non-hydrogen) atoms. The van der Waals surface area contributed by atoms with Crippen molar-refractivity contribution in [3.05, 3.63) is 82.9 Å². The van der Waals surface area contributed by atoms with Gasteiger partial charge in [0.15, 0.2) is 5.82 Å². The smallest absolute Gasteiger partial charge is 0.301 e. The molecule has 5 rings (SSSR count). The molecule has 0 unspecified atom stereocenters. The van der Waals surface area contributed by atoms with Crippen molar-refractivity contribution in [1.29, 1.82) is 0 Å². The minimum absolute atomic E-state index is 0.0692. The van der Waals surface area contributed by atoms with Gasteiger partial charge in [0.1, 0.15) is 17.3 Å². The summed E-state index contributed by atoms with van der Waals surface area (Å²) in [6.45, 7) is 1.67. The Bertz CT molecular complexity index is 1680. The first-order valence-corrected chi connectivity index (χ1v) is 13.7. The number of H-pyrrole nitrogens is 1. The number of aromatic amines is 1. The van der Waals surface area contributed by atoms with Crippen molar-refractivity contribution in [3.63, 3.8) is 0 Å². The molecule has 0 bridgehead atoms. The molecule has 1 saturated heterocycles. The summed E-state index contributed by atoms with van der Waals surface area (Å²) in [6, 6.07) is 8.35. The topological polar surface area (TPSA) is 107 Å². The lowest BCUT2D eigenvalue weighted by Crippen LogP contribution is -2.36. The monoisotopic (exact) mass is 557 g/mol. The number of fused-ring (bicyclic) bond motifs is 1. The Labute approximate surface area is 223 Å². The fraction of sp³-hybridized carbons (Fsp3) is 0.259. The Morgan fingerprint density at radius 1 is 1.05 bits per heavy atom. The molecule has 0 amide bonds. The molecule has 204 valence electrons. The molecule has 0 saturated carbocycles. The van der Waals surface area contributed by atoms with E-state index in [-0.39, 0.29) is 22.7 Å². The van der Waals surface area contributed by atoms with E-state index in [0.717, 1.165) is 52.2 Å². The number of benzene rings is 2. The molecular weight excluding hydrogens is 531 g/mol. The number of carbonyl (C=O) groups is 1. The van der Waals surface area contributed by atoms with E-state index in [2.05, 4.69) is 15.3 Å². The first-order chi connectivity index (χ1) is 18.6. The second-order valence-corrected chi connectivity index (χ2v) is 11.3. The maximum Gasteiger partial charge on any atom is 0.301 e. The van der Waals surface area contributed by atoms with Gasteiger partial charge in [0.2, 0.25) is 5.78 Å². The molecule has 0 radical (unpaired) electrons. The van der Waals surface area contributed by atoms with Crippen molar-refractivity contribution in [2.75, 3.05) is 31.5 Å². The van der Waals surface area contributed by atoms with Crippen LogP contribution in [0.1, 0.15) is 40.2 Å². The average molecular weight is 558 g/mol. The zero-order chi connectivity index (χ0) is 27.9. The third kappa shape index (κ3) is 4.90. The number of hydrogen-bond acceptors (Lipinski definition) is 5. The molecule has 8 nitrogen and oxygen atoms in total. The van der Waals surface area contributed by atoms with E-state index < -0.39 is 38.9 Å². The molecule has 2 aromatic carbocycles. The summed E-state index contributed by atoms with van der Waals surface area (Å²) in [5.41, 5.74) is 0.522. The normalized spacial score (nSPS) is 14.6. The lowest BCUT2D eigenvalue weighted by atomic mass is 9.89. The van der Waals surface area contributed by atoms with Gasteiger partial charge >= 0.3 is 10.2 Å². The molecule has 0 spiro atoms. The molecule has 0 atom stereocenters. The highest BCUT2D eigenvalue weighted by molar-refractivity contribution is 7.90. The van der Waals surface area contributed by atoms with Crippen molar-refractivity contribution in [3.8, 4) is 11.1 Å². The fourth-order valence-electron chi connectivity index (χ4n) is 4.91. The van der Waals surface area contributed by atoms with Crippen LogP contribution in [0.2, 0.25) is 0 Å². The average Bonchev–Trinajstić information content (AvgIpc) is 3.36. The second-order valence-electron chi connectivity index (χ2n) is 9.34. The molecule has 4 aromatic rings. The number of halogens is 3. The number of nitrogens with one attached hydrogen (secondary N) is 3. The third-order valence-electron chi connectivity index (χ3n) is 7.14. The summed E-state index contributed by atoms with van der Waals surface area (Å²) in [5, 5.41) is 3.54. The van der Waals surface area contributed by atoms with Crippen LogP contribution in [0, 0.1) is 17.5 Å². The minimum atomic E-state index is -4.11. The number of aromatic nitrogens is 2. The maximum atomic E-state index is 15.4. The van der Waals surface area contributed by atoms with Crippen LogP contribution in [0.4, 0.5) is 18.9 Å². The summed E-state index contributed by atoms with van der Waals surface area (Å²) >= 11 is 0. The van der Waals surface area contributed by atoms with Crippen molar-refractivity contribution < 1.29 is 26.4 Å². The Morgan fingerprint density at radius 3 is 2.49 bits per heavy atom. The summed E-state index contributed by atoms with van der Waals surface area (Å²) in [7, 11) is -1.89. The SMILES string of the molecule is CNS(=O)(=O)N(C)c1ccc(F)c(C(=O)c2c[nH]c3ncc(-c4ccc(C5CCNCC5)c(F)c4)cc23)c1F. The largest absolute Gasteiger partial charge is 0.345 e. The molecule has 1 aliphatic heterocycles. The van der Waals surface area contributed by atoms with Crippen LogP contribution in [0.25, 0.3) is 22.2 Å². The highest BCUT2D eigenvalue weighted by atomic mass is 32.2. The number of nitrogens with zero attached hydrogens (tertiary/aromatic N) is 2. The van der Waals surface area contributed by atoms with E-state index >= 15 is 8.78 Å². The molecule has 3 heterocycles. The maximum absolute atomic E-state index is 15.4. The van der Waals surface area contributed by atoms with Gasteiger partial charge in [-0.05, 0) is 67.2 Å². The van der Waals surface area contributed by atoms with Crippen LogP contribution in [-0.4, -0.2) is 51.4 Å². The third-order valence-corrected chi connectivity index (χ3v) is 8.58. The summed E-state index contributed by atoms with van der Waals surface area (Å²) in [6.07, 6.45) is 4.50. The van der Waals surface area contributed by atoms with Crippen LogP contribution in [0.5, 0.6) is 0 Å². The number of ketones is 1. The van der Waals surface area contributed by atoms with Gasteiger partial charge in [-0.1, -0.05) is 12.1 Å². The van der Waals surface area contributed by atoms with E-state index in [4.69, 9.17) is 0 Å². The Hall–Kier alpha value is -3.74. The predicted molar refractivity (Wildman–Crippen MR) is 143 cm³/mol. The van der Waals surface area contributed by atoms with Crippen molar-refractivity contribution in [1.82, 2.24) is 20.0 Å². The van der Waals surface area contributed by atoms with Crippen LogP contribution >= 0.6 is 0 Å². The Kier molecular flexibility index (Phi) is 7.19. The lowest BCUT2D eigenvalue weighted by Gasteiger charge is -2.23. The zero-order valence-electron chi connectivity index (χ0n) is 21.2. The number of piperidine rings is 1. The van der Waals surface area contributed by atoms with Crippen LogP contribution < -0.4 is 14.3 Å². The Balaban J connectivity index is 1.53. The van der Waals surface area contributed by atoms with Crippen LogP contribution in [0.3, 0.4) is 0 Å². The first kappa shape index (κ1) is 26.9. The molecule has 12 heteroatoms. The lowest BCUT2D eigenvalue weighted by molar-refractivity contribution is 0.103. The highest BCUT2D eigenvalue weighted by Crippen LogP contribution is 2.33. The highest BCUT2D eigenvalue weighted by Gasteiger charge is 2.28.